The second kappa shape index (κ2) is 8.46. The summed E-state index contributed by atoms with van der Waals surface area (Å²) < 4.78 is 0. The van der Waals surface area contributed by atoms with Gasteiger partial charge in [0.05, 0.1) is 0 Å². The largest absolute Gasteiger partial charge is 0.396 e. The first-order chi connectivity index (χ1) is 8.80. The van der Waals surface area contributed by atoms with Crippen LogP contribution in [-0.4, -0.2) is 47.3 Å². The van der Waals surface area contributed by atoms with Gasteiger partial charge in [-0.15, -0.1) is 0 Å². The zero-order valence-electron chi connectivity index (χ0n) is 11.0. The van der Waals surface area contributed by atoms with E-state index < -0.39 is 0 Å². The van der Waals surface area contributed by atoms with Crippen molar-refractivity contribution in [2.75, 3.05) is 43.2 Å². The minimum Gasteiger partial charge on any atom is -0.396 e. The number of nitrogens with one attached hydrogen (secondary N) is 3. The van der Waals surface area contributed by atoms with Crippen LogP contribution in [0, 0.1) is 0 Å². The molecule has 7 heteroatoms. The average Bonchev–Trinajstić information content (AvgIpc) is 2.42. The van der Waals surface area contributed by atoms with Crippen LogP contribution in [0.25, 0.3) is 0 Å². The van der Waals surface area contributed by atoms with E-state index in [2.05, 4.69) is 30.9 Å². The van der Waals surface area contributed by atoms with Crippen LogP contribution in [0.4, 0.5) is 17.8 Å². The first-order valence-electron chi connectivity index (χ1n) is 6.26. The molecule has 0 amide bonds. The number of hydrogen-bond donors (Lipinski definition) is 4. The molecule has 18 heavy (non-hydrogen) atoms. The molecule has 0 aliphatic rings. The number of aromatic nitrogens is 3. The Balaban J connectivity index is 2.36. The van der Waals surface area contributed by atoms with E-state index in [0.29, 0.717) is 17.8 Å². The molecular weight excluding hydrogens is 232 g/mol. The summed E-state index contributed by atoms with van der Waals surface area (Å²) in [4.78, 5) is 12.5. The zero-order valence-corrected chi connectivity index (χ0v) is 11.0. The van der Waals surface area contributed by atoms with Gasteiger partial charge in [0, 0.05) is 27.2 Å². The third kappa shape index (κ3) is 5.13. The summed E-state index contributed by atoms with van der Waals surface area (Å²) in [7, 11) is 3.54. The van der Waals surface area contributed by atoms with Gasteiger partial charge in [-0.2, -0.15) is 15.0 Å². The highest BCUT2D eigenvalue weighted by molar-refractivity contribution is 5.41. The lowest BCUT2D eigenvalue weighted by Crippen LogP contribution is -2.10. The third-order valence-electron chi connectivity index (χ3n) is 2.45. The number of hydrogen-bond acceptors (Lipinski definition) is 7. The summed E-state index contributed by atoms with van der Waals surface area (Å²) >= 11 is 0. The number of nitrogens with zero attached hydrogens (tertiary/aromatic N) is 3. The molecule has 0 aliphatic heterocycles. The number of aliphatic hydroxyl groups excluding tert-OH is 1. The maximum Gasteiger partial charge on any atom is 0.229 e. The van der Waals surface area contributed by atoms with E-state index in [-0.39, 0.29) is 6.61 Å². The average molecular weight is 254 g/mol. The fourth-order valence-electron chi connectivity index (χ4n) is 1.47. The van der Waals surface area contributed by atoms with Gasteiger partial charge in [0.15, 0.2) is 0 Å². The van der Waals surface area contributed by atoms with Crippen LogP contribution in [-0.2, 0) is 0 Å². The second-order valence-corrected chi connectivity index (χ2v) is 3.87. The van der Waals surface area contributed by atoms with E-state index in [9.17, 15) is 0 Å². The van der Waals surface area contributed by atoms with E-state index in [1.807, 2.05) is 0 Å². The molecule has 1 aromatic heterocycles. The Labute approximate surface area is 107 Å². The Morgan fingerprint density at radius 1 is 0.833 bits per heavy atom. The lowest BCUT2D eigenvalue weighted by atomic mass is 10.2. The van der Waals surface area contributed by atoms with E-state index >= 15 is 0 Å². The summed E-state index contributed by atoms with van der Waals surface area (Å²) in [6.07, 6.45) is 4.06. The van der Waals surface area contributed by atoms with Crippen molar-refractivity contribution in [1.29, 1.82) is 0 Å². The van der Waals surface area contributed by atoms with E-state index in [1.165, 1.54) is 0 Å². The van der Waals surface area contributed by atoms with Gasteiger partial charge in [-0.3, -0.25) is 0 Å². The molecule has 1 aromatic rings. The zero-order chi connectivity index (χ0) is 13.2. The van der Waals surface area contributed by atoms with Crippen molar-refractivity contribution in [2.24, 2.45) is 0 Å². The molecule has 0 spiro atoms. The molecule has 0 aliphatic carbocycles. The molecule has 1 heterocycles. The summed E-state index contributed by atoms with van der Waals surface area (Å²) in [6.45, 7) is 1.10. The predicted molar refractivity (Wildman–Crippen MR) is 73.0 cm³/mol. The topological polar surface area (TPSA) is 95.0 Å². The van der Waals surface area contributed by atoms with E-state index in [0.717, 1.165) is 32.2 Å². The molecular formula is C11H22N6O. The molecule has 0 saturated heterocycles. The summed E-state index contributed by atoms with van der Waals surface area (Å²) in [6, 6.07) is 0. The molecule has 0 fully saturated rings. The maximum atomic E-state index is 8.66. The van der Waals surface area contributed by atoms with Crippen LogP contribution in [0.15, 0.2) is 0 Å². The first kappa shape index (κ1) is 14.4. The predicted octanol–water partition coefficient (Wildman–Crippen LogP) is 0.920. The van der Waals surface area contributed by atoms with Gasteiger partial charge in [0.25, 0.3) is 0 Å². The molecule has 102 valence electrons. The summed E-state index contributed by atoms with van der Waals surface area (Å²) in [5.74, 6) is 1.65. The van der Waals surface area contributed by atoms with Crippen LogP contribution in [0.1, 0.15) is 25.7 Å². The highest BCUT2D eigenvalue weighted by atomic mass is 16.2. The van der Waals surface area contributed by atoms with Gasteiger partial charge in [-0.05, 0) is 12.8 Å². The van der Waals surface area contributed by atoms with Crippen LogP contribution >= 0.6 is 0 Å². The molecule has 0 saturated carbocycles. The lowest BCUT2D eigenvalue weighted by Gasteiger charge is -2.08. The van der Waals surface area contributed by atoms with Crippen molar-refractivity contribution in [3.63, 3.8) is 0 Å². The number of rotatable bonds is 9. The van der Waals surface area contributed by atoms with Crippen LogP contribution in [0.5, 0.6) is 0 Å². The lowest BCUT2D eigenvalue weighted by molar-refractivity contribution is 0.283. The van der Waals surface area contributed by atoms with E-state index in [4.69, 9.17) is 5.11 Å². The van der Waals surface area contributed by atoms with E-state index in [1.54, 1.807) is 14.1 Å². The van der Waals surface area contributed by atoms with Gasteiger partial charge in [0.1, 0.15) is 0 Å². The van der Waals surface area contributed by atoms with Crippen LogP contribution in [0.3, 0.4) is 0 Å². The van der Waals surface area contributed by atoms with Crippen LogP contribution < -0.4 is 16.0 Å². The van der Waals surface area contributed by atoms with Crippen LogP contribution in [0.2, 0.25) is 0 Å². The number of aliphatic hydroxyl groups is 1. The fourth-order valence-corrected chi connectivity index (χ4v) is 1.47. The molecule has 0 bridgehead atoms. The molecule has 0 unspecified atom stereocenters. The first-order valence-corrected chi connectivity index (χ1v) is 6.26. The molecule has 4 N–H and O–H groups in total. The molecule has 0 radical (unpaired) electrons. The summed E-state index contributed by atoms with van der Waals surface area (Å²) in [5, 5.41) is 17.6. The molecule has 0 atom stereocenters. The van der Waals surface area contributed by atoms with Gasteiger partial charge in [0.2, 0.25) is 17.8 Å². The van der Waals surface area contributed by atoms with Crippen molar-refractivity contribution in [2.45, 2.75) is 25.7 Å². The Hall–Kier alpha value is -1.63. The minimum atomic E-state index is 0.276. The number of anilines is 3. The molecule has 0 aromatic carbocycles. The van der Waals surface area contributed by atoms with Crippen molar-refractivity contribution >= 4 is 17.8 Å². The highest BCUT2D eigenvalue weighted by Crippen LogP contribution is 2.08. The summed E-state index contributed by atoms with van der Waals surface area (Å²) in [5.41, 5.74) is 0. The van der Waals surface area contributed by atoms with Gasteiger partial charge >= 0.3 is 0 Å². The standard InChI is InChI=1S/C11H22N6O/c1-12-9-15-10(13-2)17-11(16-9)14-7-5-3-4-6-8-18/h18H,3-8H2,1-2H3,(H3,12,13,14,15,16,17). The smallest absolute Gasteiger partial charge is 0.229 e. The number of unbranched alkanes of at least 4 members (excludes halogenated alkanes) is 3. The SMILES string of the molecule is CNc1nc(NC)nc(NCCCCCCO)n1. The quantitative estimate of drug-likeness (QED) is 0.487. The van der Waals surface area contributed by atoms with Gasteiger partial charge in [-0.25, -0.2) is 0 Å². The van der Waals surface area contributed by atoms with Crippen molar-refractivity contribution in [3.8, 4) is 0 Å². The third-order valence-corrected chi connectivity index (χ3v) is 2.45. The Kier molecular flexibility index (Phi) is 6.78. The maximum absolute atomic E-state index is 8.66. The minimum absolute atomic E-state index is 0.276. The Morgan fingerprint density at radius 2 is 1.39 bits per heavy atom. The monoisotopic (exact) mass is 254 g/mol. The normalized spacial score (nSPS) is 10.2. The molecule has 1 rings (SSSR count). The van der Waals surface area contributed by atoms with Crippen molar-refractivity contribution in [1.82, 2.24) is 15.0 Å². The fraction of sp³-hybridized carbons (Fsp3) is 0.727. The Bertz CT molecular complexity index is 324. The van der Waals surface area contributed by atoms with Crippen molar-refractivity contribution in [3.05, 3.63) is 0 Å². The second-order valence-electron chi connectivity index (χ2n) is 3.87. The van der Waals surface area contributed by atoms with Crippen molar-refractivity contribution < 1.29 is 5.11 Å². The highest BCUT2D eigenvalue weighted by Gasteiger charge is 2.03. The Morgan fingerprint density at radius 3 is 1.94 bits per heavy atom. The molecule has 7 nitrogen and oxygen atoms in total. The van der Waals surface area contributed by atoms with Gasteiger partial charge < -0.3 is 21.1 Å². The van der Waals surface area contributed by atoms with Gasteiger partial charge in [-0.1, -0.05) is 12.8 Å².